The highest BCUT2D eigenvalue weighted by atomic mass is 35.5. The minimum absolute atomic E-state index is 0.120. The van der Waals surface area contributed by atoms with Gasteiger partial charge in [0.1, 0.15) is 17.5 Å². The van der Waals surface area contributed by atoms with Crippen molar-refractivity contribution < 1.29 is 9.53 Å². The molecule has 1 aromatic carbocycles. The number of anilines is 1. The number of benzene rings is 1. The quantitative estimate of drug-likeness (QED) is 0.815. The number of rotatable bonds is 4. The van der Waals surface area contributed by atoms with Gasteiger partial charge in [-0.05, 0) is 38.8 Å². The molecule has 1 aliphatic heterocycles. The molecule has 0 unspecified atom stereocenters. The lowest BCUT2D eigenvalue weighted by molar-refractivity contribution is 0.0223. The molecule has 0 saturated heterocycles. The standard InChI is InChI=1S/C21H24ClN5O2/c1-21(2,3)29-20(28)27-11-9-17-15(13-27)19(26-18(12-23)25-17)24-10-8-14-6-4-5-7-16(14)22/h4-7H,8-11,13H2,1-3H3,(H,24,25,26). The van der Waals surface area contributed by atoms with Crippen LogP contribution in [0.3, 0.4) is 0 Å². The minimum atomic E-state index is -0.561. The Morgan fingerprint density at radius 2 is 2.10 bits per heavy atom. The highest BCUT2D eigenvalue weighted by molar-refractivity contribution is 6.31. The Morgan fingerprint density at radius 3 is 2.79 bits per heavy atom. The Bertz CT molecular complexity index is 949. The van der Waals surface area contributed by atoms with Crippen molar-refractivity contribution in [3.8, 4) is 6.07 Å². The zero-order valence-corrected chi connectivity index (χ0v) is 17.6. The smallest absolute Gasteiger partial charge is 0.410 e. The van der Waals surface area contributed by atoms with Crippen LogP contribution in [0.2, 0.25) is 5.02 Å². The van der Waals surface area contributed by atoms with Crippen molar-refractivity contribution in [2.45, 2.75) is 45.8 Å². The minimum Gasteiger partial charge on any atom is -0.444 e. The number of aromatic nitrogens is 2. The molecule has 0 fully saturated rings. The molecule has 1 amide bonds. The van der Waals surface area contributed by atoms with Gasteiger partial charge in [-0.25, -0.2) is 14.8 Å². The molecule has 29 heavy (non-hydrogen) atoms. The van der Waals surface area contributed by atoms with Crippen LogP contribution in [0, 0.1) is 11.3 Å². The van der Waals surface area contributed by atoms with Crippen molar-refractivity contribution in [3.63, 3.8) is 0 Å². The number of carbonyl (C=O) groups excluding carboxylic acids is 1. The van der Waals surface area contributed by atoms with Crippen LogP contribution < -0.4 is 5.32 Å². The van der Waals surface area contributed by atoms with E-state index < -0.39 is 5.60 Å². The molecule has 1 N–H and O–H groups in total. The van der Waals surface area contributed by atoms with Crippen molar-refractivity contribution in [2.24, 2.45) is 0 Å². The molecule has 3 rings (SSSR count). The van der Waals surface area contributed by atoms with Crippen LogP contribution in [0.4, 0.5) is 10.6 Å². The van der Waals surface area contributed by atoms with Crippen molar-refractivity contribution >= 4 is 23.5 Å². The molecule has 1 aromatic heterocycles. The third-order valence-electron chi connectivity index (χ3n) is 4.46. The highest BCUT2D eigenvalue weighted by Crippen LogP contribution is 2.25. The molecule has 0 saturated carbocycles. The molecular weight excluding hydrogens is 390 g/mol. The normalized spacial score (nSPS) is 13.4. The summed E-state index contributed by atoms with van der Waals surface area (Å²) in [5.41, 5.74) is 2.08. The average Bonchev–Trinajstić information content (AvgIpc) is 2.67. The van der Waals surface area contributed by atoms with Gasteiger partial charge in [0, 0.05) is 30.1 Å². The lowest BCUT2D eigenvalue weighted by atomic mass is 10.1. The second kappa shape index (κ2) is 8.66. The van der Waals surface area contributed by atoms with Crippen LogP contribution in [0.15, 0.2) is 24.3 Å². The van der Waals surface area contributed by atoms with Crippen LogP contribution in [-0.4, -0.2) is 39.7 Å². The molecule has 0 spiro atoms. The summed E-state index contributed by atoms with van der Waals surface area (Å²) in [6.45, 7) is 6.93. The van der Waals surface area contributed by atoms with Gasteiger partial charge in [0.2, 0.25) is 5.82 Å². The van der Waals surface area contributed by atoms with Gasteiger partial charge < -0.3 is 15.0 Å². The Balaban J connectivity index is 1.77. The summed E-state index contributed by atoms with van der Waals surface area (Å²) in [6, 6.07) is 9.68. The summed E-state index contributed by atoms with van der Waals surface area (Å²) >= 11 is 6.22. The number of nitrogens with one attached hydrogen (secondary N) is 1. The Morgan fingerprint density at radius 1 is 1.34 bits per heavy atom. The van der Waals surface area contributed by atoms with E-state index in [4.69, 9.17) is 16.3 Å². The summed E-state index contributed by atoms with van der Waals surface area (Å²) in [6.07, 6.45) is 0.885. The lowest BCUT2D eigenvalue weighted by Crippen LogP contribution is -2.40. The summed E-state index contributed by atoms with van der Waals surface area (Å²) < 4.78 is 5.49. The summed E-state index contributed by atoms with van der Waals surface area (Å²) in [5.74, 6) is 0.696. The van der Waals surface area contributed by atoms with Gasteiger partial charge in [-0.3, -0.25) is 0 Å². The fourth-order valence-electron chi connectivity index (χ4n) is 3.11. The second-order valence-corrected chi connectivity index (χ2v) is 8.26. The molecule has 7 nitrogen and oxygen atoms in total. The van der Waals surface area contributed by atoms with Crippen LogP contribution >= 0.6 is 11.6 Å². The first-order valence-corrected chi connectivity index (χ1v) is 9.89. The predicted octanol–water partition coefficient (Wildman–Crippen LogP) is 3.95. The average molecular weight is 414 g/mol. The van der Waals surface area contributed by atoms with E-state index in [1.807, 2.05) is 51.1 Å². The Labute approximate surface area is 175 Å². The third kappa shape index (κ3) is 5.36. The summed E-state index contributed by atoms with van der Waals surface area (Å²) in [4.78, 5) is 22.8. The highest BCUT2D eigenvalue weighted by Gasteiger charge is 2.28. The number of nitrogens with zero attached hydrogens (tertiary/aromatic N) is 4. The monoisotopic (exact) mass is 413 g/mol. The van der Waals surface area contributed by atoms with E-state index in [0.29, 0.717) is 43.3 Å². The Kier molecular flexibility index (Phi) is 6.23. The summed E-state index contributed by atoms with van der Waals surface area (Å²) in [7, 11) is 0. The van der Waals surface area contributed by atoms with Crippen LogP contribution in [0.1, 0.15) is 43.4 Å². The first-order chi connectivity index (χ1) is 13.8. The zero-order chi connectivity index (χ0) is 21.0. The number of hydrogen-bond donors (Lipinski definition) is 1. The van der Waals surface area contributed by atoms with Gasteiger partial charge in [-0.15, -0.1) is 0 Å². The number of halogens is 1. The van der Waals surface area contributed by atoms with Crippen molar-refractivity contribution in [1.82, 2.24) is 14.9 Å². The SMILES string of the molecule is CC(C)(C)OC(=O)N1CCc2nc(C#N)nc(NCCc3ccccc3Cl)c2C1. The maximum absolute atomic E-state index is 12.5. The van der Waals surface area contributed by atoms with Crippen LogP contribution in [-0.2, 0) is 24.1 Å². The van der Waals surface area contributed by atoms with Gasteiger partial charge in [0.15, 0.2) is 0 Å². The third-order valence-corrected chi connectivity index (χ3v) is 4.83. The van der Waals surface area contributed by atoms with E-state index in [1.54, 1.807) is 4.90 Å². The largest absolute Gasteiger partial charge is 0.444 e. The first kappa shape index (κ1) is 20.9. The number of fused-ring (bicyclic) bond motifs is 1. The van der Waals surface area contributed by atoms with Gasteiger partial charge in [-0.1, -0.05) is 29.8 Å². The fourth-order valence-corrected chi connectivity index (χ4v) is 3.34. The van der Waals surface area contributed by atoms with Gasteiger partial charge in [0.05, 0.1) is 12.2 Å². The summed E-state index contributed by atoms with van der Waals surface area (Å²) in [5, 5.41) is 13.3. The van der Waals surface area contributed by atoms with E-state index in [9.17, 15) is 10.1 Å². The Hall–Kier alpha value is -2.85. The lowest BCUT2D eigenvalue weighted by Gasteiger charge is -2.31. The fraction of sp³-hybridized carbons (Fsp3) is 0.429. The molecule has 0 aliphatic carbocycles. The molecule has 0 bridgehead atoms. The van der Waals surface area contributed by atoms with Gasteiger partial charge in [-0.2, -0.15) is 5.26 Å². The van der Waals surface area contributed by atoms with E-state index in [1.165, 1.54) is 0 Å². The maximum atomic E-state index is 12.5. The van der Waals surface area contributed by atoms with Crippen LogP contribution in [0.5, 0.6) is 0 Å². The van der Waals surface area contributed by atoms with E-state index in [0.717, 1.165) is 16.8 Å². The van der Waals surface area contributed by atoms with E-state index in [2.05, 4.69) is 15.3 Å². The molecular formula is C21H24ClN5O2. The number of carbonyl (C=O) groups is 1. The number of nitriles is 1. The molecule has 1 aliphatic rings. The van der Waals surface area contributed by atoms with E-state index >= 15 is 0 Å². The number of hydrogen-bond acceptors (Lipinski definition) is 6. The van der Waals surface area contributed by atoms with Crippen molar-refractivity contribution in [1.29, 1.82) is 5.26 Å². The number of ether oxygens (including phenoxy) is 1. The molecule has 0 atom stereocenters. The predicted molar refractivity (Wildman–Crippen MR) is 111 cm³/mol. The first-order valence-electron chi connectivity index (χ1n) is 9.52. The second-order valence-electron chi connectivity index (χ2n) is 7.85. The molecule has 8 heteroatoms. The van der Waals surface area contributed by atoms with Crippen molar-refractivity contribution in [3.05, 3.63) is 51.9 Å². The molecule has 2 heterocycles. The van der Waals surface area contributed by atoms with Gasteiger partial charge >= 0.3 is 6.09 Å². The topological polar surface area (TPSA) is 91.1 Å². The van der Waals surface area contributed by atoms with Gasteiger partial charge in [0.25, 0.3) is 0 Å². The zero-order valence-electron chi connectivity index (χ0n) is 16.8. The maximum Gasteiger partial charge on any atom is 0.410 e. The number of amides is 1. The van der Waals surface area contributed by atoms with Crippen molar-refractivity contribution in [2.75, 3.05) is 18.4 Å². The van der Waals surface area contributed by atoms with E-state index in [-0.39, 0.29) is 11.9 Å². The molecule has 2 aromatic rings. The molecule has 0 radical (unpaired) electrons. The van der Waals surface area contributed by atoms with Crippen LogP contribution in [0.25, 0.3) is 0 Å². The molecule has 152 valence electrons.